The number of aromatic amines is 1. The van der Waals surface area contributed by atoms with Crippen molar-refractivity contribution >= 4 is 24.2 Å². The summed E-state index contributed by atoms with van der Waals surface area (Å²) in [5, 5.41) is 12.2. The van der Waals surface area contributed by atoms with Gasteiger partial charge in [0, 0.05) is 5.56 Å². The Kier molecular flexibility index (Phi) is 4.37. The topological polar surface area (TPSA) is 117 Å². The maximum Gasteiger partial charge on any atom is 0.378 e. The van der Waals surface area contributed by atoms with Crippen LogP contribution in [0.25, 0.3) is 17.0 Å². The Morgan fingerprint density at radius 1 is 1.26 bits per heavy atom. The van der Waals surface area contributed by atoms with Crippen molar-refractivity contribution in [3.8, 4) is 23.3 Å². The van der Waals surface area contributed by atoms with Crippen molar-refractivity contribution in [2.75, 3.05) is 0 Å². The van der Waals surface area contributed by atoms with Gasteiger partial charge in [-0.15, -0.1) is 0 Å². The first-order chi connectivity index (χ1) is 12.8. The minimum absolute atomic E-state index is 0.00268. The molecule has 2 heterocycles. The first-order valence-corrected chi connectivity index (χ1v) is 8.07. The maximum absolute atomic E-state index is 11.4. The van der Waals surface area contributed by atoms with E-state index in [4.69, 9.17) is 4.74 Å². The van der Waals surface area contributed by atoms with Gasteiger partial charge in [-0.1, -0.05) is 45.0 Å². The standard InChI is InChI=1S/C19H16N4O4/c1-19(2,3)12-6-4-11(5-7-12)16-21-17-14(9-24)13(8-20)18(23(17)22-16)27-15(26)10-25/h4-7,9-10H,1-3H3,(H,21,22). The molecule has 0 saturated heterocycles. The number of aldehydes is 2. The van der Waals surface area contributed by atoms with E-state index in [2.05, 4.69) is 30.9 Å². The van der Waals surface area contributed by atoms with E-state index in [-0.39, 0.29) is 34.4 Å². The SMILES string of the molecule is CC(C)(C)c1ccc(-c2nc3c(C=O)c(C#N)c(OC(=O)C=O)n3[nH]2)cc1. The minimum Gasteiger partial charge on any atom is -0.400 e. The lowest BCUT2D eigenvalue weighted by Crippen LogP contribution is -2.11. The summed E-state index contributed by atoms with van der Waals surface area (Å²) in [5.41, 5.74) is 1.82. The number of hydrogen-bond donors (Lipinski definition) is 1. The number of nitrogens with zero attached hydrogens (tertiary/aromatic N) is 3. The number of esters is 1. The number of ether oxygens (including phenoxy) is 1. The van der Waals surface area contributed by atoms with E-state index in [1.54, 1.807) is 6.07 Å². The first kappa shape index (κ1) is 18.1. The molecule has 0 fully saturated rings. The number of carbonyl (C=O) groups excluding carboxylic acids is 3. The Balaban J connectivity index is 2.15. The average Bonchev–Trinajstić information content (AvgIpc) is 3.18. The number of hydrogen-bond acceptors (Lipinski definition) is 6. The normalized spacial score (nSPS) is 11.2. The van der Waals surface area contributed by atoms with E-state index >= 15 is 0 Å². The molecule has 0 radical (unpaired) electrons. The van der Waals surface area contributed by atoms with Crippen LogP contribution in [0.15, 0.2) is 24.3 Å². The third-order valence-electron chi connectivity index (χ3n) is 4.12. The zero-order valence-corrected chi connectivity index (χ0v) is 14.9. The second-order valence-corrected chi connectivity index (χ2v) is 6.92. The van der Waals surface area contributed by atoms with Crippen molar-refractivity contribution < 1.29 is 19.1 Å². The molecule has 0 saturated carbocycles. The van der Waals surface area contributed by atoms with Crippen molar-refractivity contribution in [3.63, 3.8) is 0 Å². The van der Waals surface area contributed by atoms with E-state index in [0.29, 0.717) is 12.1 Å². The van der Waals surface area contributed by atoms with Gasteiger partial charge in [0.2, 0.25) is 12.2 Å². The molecular formula is C19H16N4O4. The Morgan fingerprint density at radius 2 is 1.93 bits per heavy atom. The van der Waals surface area contributed by atoms with E-state index in [1.165, 1.54) is 4.52 Å². The summed E-state index contributed by atoms with van der Waals surface area (Å²) in [5.74, 6) is -1.02. The van der Waals surface area contributed by atoms with Crippen molar-refractivity contribution in [2.45, 2.75) is 26.2 Å². The number of rotatable bonds is 4. The molecule has 0 aliphatic carbocycles. The molecule has 0 aliphatic rings. The van der Waals surface area contributed by atoms with Crippen molar-refractivity contribution in [2.24, 2.45) is 0 Å². The molecule has 8 heteroatoms. The predicted octanol–water partition coefficient (Wildman–Crippen LogP) is 2.42. The molecule has 3 rings (SSSR count). The molecule has 2 aromatic heterocycles. The van der Waals surface area contributed by atoms with Crippen LogP contribution < -0.4 is 4.74 Å². The van der Waals surface area contributed by atoms with Crippen molar-refractivity contribution in [1.29, 1.82) is 5.26 Å². The predicted molar refractivity (Wildman–Crippen MR) is 95.5 cm³/mol. The highest BCUT2D eigenvalue weighted by atomic mass is 16.5. The average molecular weight is 364 g/mol. The number of aromatic nitrogens is 3. The quantitative estimate of drug-likeness (QED) is 0.431. The number of nitrogens with one attached hydrogen (secondary N) is 1. The summed E-state index contributed by atoms with van der Waals surface area (Å²) in [6.07, 6.45) is 0.434. The molecule has 1 aromatic carbocycles. The van der Waals surface area contributed by atoms with Gasteiger partial charge in [-0.25, -0.2) is 14.3 Å². The smallest absolute Gasteiger partial charge is 0.378 e. The van der Waals surface area contributed by atoms with Crippen molar-refractivity contribution in [1.82, 2.24) is 14.6 Å². The Labute approximate surface area is 154 Å². The summed E-state index contributed by atoms with van der Waals surface area (Å²) < 4.78 is 6.10. The van der Waals surface area contributed by atoms with Crippen molar-refractivity contribution in [3.05, 3.63) is 41.0 Å². The van der Waals surface area contributed by atoms with E-state index in [9.17, 15) is 19.6 Å². The number of fused-ring (bicyclic) bond motifs is 1. The van der Waals surface area contributed by atoms with E-state index in [1.807, 2.05) is 24.3 Å². The Hall–Kier alpha value is -3.73. The molecule has 0 amide bonds. The van der Waals surface area contributed by atoms with E-state index in [0.717, 1.165) is 11.1 Å². The van der Waals surface area contributed by atoms with Gasteiger partial charge in [0.05, 0.1) is 5.56 Å². The van der Waals surface area contributed by atoms with Crippen LogP contribution in [-0.2, 0) is 15.0 Å². The van der Waals surface area contributed by atoms with Crippen LogP contribution in [0.3, 0.4) is 0 Å². The molecule has 0 atom stereocenters. The second kappa shape index (κ2) is 6.53. The summed E-state index contributed by atoms with van der Waals surface area (Å²) in [6.45, 7) is 6.31. The van der Waals surface area contributed by atoms with Crippen LogP contribution in [0.2, 0.25) is 0 Å². The van der Waals surface area contributed by atoms with Gasteiger partial charge in [0.15, 0.2) is 17.8 Å². The summed E-state index contributed by atoms with van der Waals surface area (Å²) >= 11 is 0. The van der Waals surface area contributed by atoms with Gasteiger partial charge in [0.1, 0.15) is 11.6 Å². The molecule has 27 heavy (non-hydrogen) atoms. The fourth-order valence-electron chi connectivity index (χ4n) is 2.70. The zero-order chi connectivity index (χ0) is 19.8. The van der Waals surface area contributed by atoms with Gasteiger partial charge in [-0.05, 0) is 11.0 Å². The minimum atomic E-state index is -1.19. The van der Waals surface area contributed by atoms with Crippen LogP contribution in [0.4, 0.5) is 0 Å². The number of H-pyrrole nitrogens is 1. The zero-order valence-electron chi connectivity index (χ0n) is 14.9. The second-order valence-electron chi connectivity index (χ2n) is 6.92. The molecule has 0 spiro atoms. The van der Waals surface area contributed by atoms with Crippen LogP contribution in [-0.4, -0.2) is 33.1 Å². The van der Waals surface area contributed by atoms with E-state index < -0.39 is 5.97 Å². The molecule has 3 aromatic rings. The van der Waals surface area contributed by atoms with Crippen LogP contribution in [0, 0.1) is 11.3 Å². The lowest BCUT2D eigenvalue weighted by Gasteiger charge is -2.18. The highest BCUT2D eigenvalue weighted by Crippen LogP contribution is 2.30. The monoisotopic (exact) mass is 364 g/mol. The summed E-state index contributed by atoms with van der Waals surface area (Å²) in [4.78, 5) is 37.8. The molecule has 136 valence electrons. The van der Waals surface area contributed by atoms with Gasteiger partial charge < -0.3 is 4.74 Å². The lowest BCUT2D eigenvalue weighted by molar-refractivity contribution is -0.141. The maximum atomic E-state index is 11.4. The first-order valence-electron chi connectivity index (χ1n) is 8.07. The summed E-state index contributed by atoms with van der Waals surface area (Å²) in [7, 11) is 0. The Morgan fingerprint density at radius 3 is 2.44 bits per heavy atom. The van der Waals surface area contributed by atoms with Gasteiger partial charge in [-0.2, -0.15) is 5.26 Å². The van der Waals surface area contributed by atoms with Crippen LogP contribution in [0.5, 0.6) is 5.88 Å². The third-order valence-corrected chi connectivity index (χ3v) is 4.12. The molecule has 0 unspecified atom stereocenters. The fourth-order valence-corrected chi connectivity index (χ4v) is 2.70. The molecule has 0 bridgehead atoms. The molecule has 0 aliphatic heterocycles. The van der Waals surface area contributed by atoms with Gasteiger partial charge in [0.25, 0.3) is 0 Å². The molecular weight excluding hydrogens is 348 g/mol. The highest BCUT2D eigenvalue weighted by molar-refractivity contribution is 6.21. The molecule has 1 N–H and O–H groups in total. The number of benzene rings is 1. The van der Waals surface area contributed by atoms with Gasteiger partial charge in [-0.3, -0.25) is 14.7 Å². The summed E-state index contributed by atoms with van der Waals surface area (Å²) in [6, 6.07) is 9.50. The Bertz CT molecular complexity index is 1090. The largest absolute Gasteiger partial charge is 0.400 e. The third kappa shape index (κ3) is 3.11. The molecule has 8 nitrogen and oxygen atoms in total. The fraction of sp³-hybridized carbons (Fsp3) is 0.211. The van der Waals surface area contributed by atoms with Crippen LogP contribution in [0.1, 0.15) is 42.3 Å². The highest BCUT2D eigenvalue weighted by Gasteiger charge is 2.25. The number of carbonyl (C=O) groups is 3. The lowest BCUT2D eigenvalue weighted by atomic mass is 9.87. The number of nitriles is 1. The van der Waals surface area contributed by atoms with Gasteiger partial charge >= 0.3 is 5.97 Å². The van der Waals surface area contributed by atoms with Crippen LogP contribution >= 0.6 is 0 Å².